The average molecular weight is 543 g/mol. The van der Waals surface area contributed by atoms with Gasteiger partial charge in [0.25, 0.3) is 0 Å². The summed E-state index contributed by atoms with van der Waals surface area (Å²) >= 11 is 0. The van der Waals surface area contributed by atoms with Crippen LogP contribution in [0, 0.1) is 17.8 Å². The van der Waals surface area contributed by atoms with E-state index in [0.29, 0.717) is 18.4 Å². The Labute approximate surface area is 207 Å². The summed E-state index contributed by atoms with van der Waals surface area (Å²) < 4.78 is 69.2. The Morgan fingerprint density at radius 1 is 0.973 bits per heavy atom. The van der Waals surface area contributed by atoms with Crippen molar-refractivity contribution in [3.63, 3.8) is 0 Å². The lowest BCUT2D eigenvalue weighted by molar-refractivity contribution is -0.193. The second-order valence-electron chi connectivity index (χ2n) is 8.80. The molecule has 0 spiro atoms. The molecule has 37 heavy (non-hydrogen) atoms. The molecule has 0 bridgehead atoms. The molecule has 1 amide bonds. The van der Waals surface area contributed by atoms with Gasteiger partial charge in [0.05, 0.1) is 31.0 Å². The van der Waals surface area contributed by atoms with Crippen LogP contribution in [-0.4, -0.2) is 82.6 Å². The van der Waals surface area contributed by atoms with E-state index in [4.69, 9.17) is 24.5 Å². The largest absolute Gasteiger partial charge is 0.490 e. The summed E-state index contributed by atoms with van der Waals surface area (Å²) in [6, 6.07) is 4.46. The number of nitrogens with one attached hydrogen (secondary N) is 1. The molecule has 0 radical (unpaired) electrons. The SMILES string of the molecule is O=C(Nc1cccnc1)[C@@H]1COC[C@H]2CN(C3CCCC3)C[C@H]21.O=C(O)C(F)(F)F.O=C(O)C(F)(F)F. The highest BCUT2D eigenvalue weighted by Gasteiger charge is 2.45. The maximum Gasteiger partial charge on any atom is 0.490 e. The standard InChI is InChI=1S/C18H25N3O2.2C2HF3O2/c22-18(20-14-4-3-7-19-8-14)17-12-23-11-13-9-21(10-16(13)17)15-5-1-2-6-15;2*3-2(4,5)1(6)7/h3-4,7-8,13,15-17H,1-2,5-6,9-12H2,(H,20,22);2*(H,6,7)/t13-,16-,17-;;/m1../s1. The van der Waals surface area contributed by atoms with Gasteiger partial charge in [-0.1, -0.05) is 12.8 Å². The van der Waals surface area contributed by atoms with Gasteiger partial charge >= 0.3 is 24.3 Å². The van der Waals surface area contributed by atoms with Crippen LogP contribution >= 0.6 is 0 Å². The zero-order valence-electron chi connectivity index (χ0n) is 19.5. The third-order valence-electron chi connectivity index (χ3n) is 6.26. The fraction of sp³-hybridized carbons (Fsp3) is 0.636. The van der Waals surface area contributed by atoms with Crippen LogP contribution in [0.15, 0.2) is 24.5 Å². The van der Waals surface area contributed by atoms with Crippen molar-refractivity contribution in [2.75, 3.05) is 31.6 Å². The van der Waals surface area contributed by atoms with Gasteiger partial charge in [-0.3, -0.25) is 14.7 Å². The smallest absolute Gasteiger partial charge is 0.475 e. The third-order valence-corrected chi connectivity index (χ3v) is 6.26. The van der Waals surface area contributed by atoms with Gasteiger partial charge in [0.15, 0.2) is 0 Å². The number of aliphatic carboxylic acids is 2. The molecule has 1 saturated carbocycles. The van der Waals surface area contributed by atoms with E-state index in [9.17, 15) is 31.1 Å². The van der Waals surface area contributed by atoms with E-state index in [0.717, 1.165) is 31.4 Å². The minimum absolute atomic E-state index is 0.0413. The summed E-state index contributed by atoms with van der Waals surface area (Å²) in [7, 11) is 0. The number of carboxylic acid groups (broad SMARTS) is 2. The Balaban J connectivity index is 0.000000286. The molecule has 1 aromatic heterocycles. The number of nitrogens with zero attached hydrogens (tertiary/aromatic N) is 2. The first-order valence-corrected chi connectivity index (χ1v) is 11.3. The van der Waals surface area contributed by atoms with Crippen molar-refractivity contribution in [2.24, 2.45) is 17.8 Å². The van der Waals surface area contributed by atoms with E-state index in [1.165, 1.54) is 25.7 Å². The second-order valence-corrected chi connectivity index (χ2v) is 8.80. The summed E-state index contributed by atoms with van der Waals surface area (Å²) in [6.45, 7) is 3.52. The monoisotopic (exact) mass is 543 g/mol. The highest BCUT2D eigenvalue weighted by molar-refractivity contribution is 5.92. The molecule has 3 fully saturated rings. The Morgan fingerprint density at radius 3 is 2.03 bits per heavy atom. The number of halogens is 6. The molecule has 3 heterocycles. The van der Waals surface area contributed by atoms with Crippen LogP contribution in [0.1, 0.15) is 25.7 Å². The van der Waals surface area contributed by atoms with Crippen molar-refractivity contribution in [2.45, 2.75) is 44.1 Å². The van der Waals surface area contributed by atoms with Gasteiger partial charge in [-0.25, -0.2) is 9.59 Å². The van der Waals surface area contributed by atoms with Gasteiger partial charge in [-0.2, -0.15) is 26.3 Å². The van der Waals surface area contributed by atoms with Gasteiger partial charge in [0, 0.05) is 25.3 Å². The van der Waals surface area contributed by atoms with Gasteiger partial charge < -0.3 is 20.3 Å². The number of anilines is 1. The number of hydrogen-bond acceptors (Lipinski definition) is 6. The molecule has 2 saturated heterocycles. The summed E-state index contributed by atoms with van der Waals surface area (Å²) in [5.74, 6) is -4.53. The van der Waals surface area contributed by atoms with Gasteiger partial charge in [0.1, 0.15) is 0 Å². The number of alkyl halides is 6. The summed E-state index contributed by atoms with van der Waals surface area (Å²) in [4.78, 5) is 37.2. The molecular weight excluding hydrogens is 516 g/mol. The van der Waals surface area contributed by atoms with Crippen molar-refractivity contribution < 1.29 is 55.7 Å². The molecule has 2 aliphatic heterocycles. The van der Waals surface area contributed by atoms with Crippen LogP contribution in [0.4, 0.5) is 32.0 Å². The van der Waals surface area contributed by atoms with Crippen LogP contribution in [0.3, 0.4) is 0 Å². The molecular formula is C22H27F6N3O6. The molecule has 9 nitrogen and oxygen atoms in total. The summed E-state index contributed by atoms with van der Waals surface area (Å²) in [5, 5.41) is 17.3. The highest BCUT2D eigenvalue weighted by Crippen LogP contribution is 2.38. The molecule has 15 heteroatoms. The lowest BCUT2D eigenvalue weighted by atomic mass is 9.82. The maximum atomic E-state index is 12.7. The number of likely N-dealkylation sites (tertiary alicyclic amines) is 1. The maximum absolute atomic E-state index is 12.7. The van der Waals surface area contributed by atoms with E-state index in [-0.39, 0.29) is 11.8 Å². The first kappa shape index (κ1) is 30.3. The quantitative estimate of drug-likeness (QED) is 0.495. The number of rotatable bonds is 3. The Hall–Kier alpha value is -2.94. The summed E-state index contributed by atoms with van der Waals surface area (Å²) in [5.41, 5.74) is 0.769. The Morgan fingerprint density at radius 2 is 1.54 bits per heavy atom. The Kier molecular flexibility index (Phi) is 10.7. The van der Waals surface area contributed by atoms with Gasteiger partial charge in [-0.15, -0.1) is 0 Å². The van der Waals surface area contributed by atoms with Crippen molar-refractivity contribution >= 4 is 23.5 Å². The van der Waals surface area contributed by atoms with E-state index >= 15 is 0 Å². The number of fused-ring (bicyclic) bond motifs is 1. The van der Waals surface area contributed by atoms with Crippen molar-refractivity contribution in [1.82, 2.24) is 9.88 Å². The number of carbonyl (C=O) groups excluding carboxylic acids is 1. The third kappa shape index (κ3) is 9.46. The molecule has 3 N–H and O–H groups in total. The topological polar surface area (TPSA) is 129 Å². The zero-order valence-corrected chi connectivity index (χ0v) is 19.5. The Bertz CT molecular complexity index is 884. The van der Waals surface area contributed by atoms with Crippen LogP contribution in [0.5, 0.6) is 0 Å². The molecule has 1 aliphatic carbocycles. The predicted octanol–water partition coefficient (Wildman–Crippen LogP) is 3.42. The minimum atomic E-state index is -5.08. The number of carboxylic acids is 2. The van der Waals surface area contributed by atoms with Crippen LogP contribution in [0.25, 0.3) is 0 Å². The second kappa shape index (κ2) is 13.0. The molecule has 0 unspecified atom stereocenters. The number of aromatic nitrogens is 1. The van der Waals surface area contributed by atoms with Crippen molar-refractivity contribution in [3.8, 4) is 0 Å². The highest BCUT2D eigenvalue weighted by atomic mass is 19.4. The van der Waals surface area contributed by atoms with E-state index in [1.54, 1.807) is 12.4 Å². The number of hydrogen-bond donors (Lipinski definition) is 3. The van der Waals surface area contributed by atoms with E-state index < -0.39 is 24.3 Å². The fourth-order valence-corrected chi connectivity index (χ4v) is 4.54. The van der Waals surface area contributed by atoms with Gasteiger partial charge in [-0.05, 0) is 36.8 Å². The average Bonchev–Trinajstić information content (AvgIpc) is 3.49. The normalized spacial score (nSPS) is 24.1. The molecule has 3 atom stereocenters. The molecule has 1 aromatic rings. The number of pyridine rings is 1. The first-order chi connectivity index (χ1) is 17.2. The van der Waals surface area contributed by atoms with Crippen molar-refractivity contribution in [1.29, 1.82) is 0 Å². The zero-order chi connectivity index (χ0) is 27.8. The molecule has 3 aliphatic rings. The number of ether oxygens (including phenoxy) is 1. The molecule has 208 valence electrons. The predicted molar refractivity (Wildman–Crippen MR) is 115 cm³/mol. The van der Waals surface area contributed by atoms with E-state index in [1.807, 2.05) is 12.1 Å². The van der Waals surface area contributed by atoms with Gasteiger partial charge in [0.2, 0.25) is 5.91 Å². The minimum Gasteiger partial charge on any atom is -0.475 e. The summed E-state index contributed by atoms with van der Waals surface area (Å²) in [6.07, 6.45) is -1.39. The van der Waals surface area contributed by atoms with Crippen LogP contribution < -0.4 is 5.32 Å². The lowest BCUT2D eigenvalue weighted by Gasteiger charge is -2.32. The van der Waals surface area contributed by atoms with Crippen LogP contribution in [0.2, 0.25) is 0 Å². The van der Waals surface area contributed by atoms with E-state index in [2.05, 4.69) is 15.2 Å². The molecule has 4 rings (SSSR count). The van der Waals surface area contributed by atoms with Crippen molar-refractivity contribution in [3.05, 3.63) is 24.5 Å². The fourth-order valence-electron chi connectivity index (χ4n) is 4.54. The number of carbonyl (C=O) groups is 3. The number of amides is 1. The first-order valence-electron chi connectivity index (χ1n) is 11.3. The molecule has 0 aromatic carbocycles. The van der Waals surface area contributed by atoms with Crippen LogP contribution in [-0.2, 0) is 19.1 Å². The lowest BCUT2D eigenvalue weighted by Crippen LogP contribution is -2.42.